The second-order valence-electron chi connectivity index (χ2n) is 1.75. The molecule has 0 bridgehead atoms. The largest absolute Gasteiger partial charge is 0.218 e. The molecule has 0 spiro atoms. The highest BCUT2D eigenvalue weighted by atomic mass is 35.5. The van der Waals surface area contributed by atoms with E-state index in [1.54, 1.807) is 5.38 Å². The third kappa shape index (κ3) is 1.95. The predicted octanol–water partition coefficient (Wildman–Crippen LogP) is 2.80. The molecule has 0 aliphatic heterocycles. The molecular weight excluding hydrogens is 234 g/mol. The molecule has 0 atom stereocenters. The van der Waals surface area contributed by atoms with Crippen LogP contribution in [0.4, 0.5) is 0 Å². The van der Waals surface area contributed by atoms with Crippen LogP contribution in [-0.2, 0) is 0 Å². The number of nitrogens with zero attached hydrogens (tertiary/aromatic N) is 3. The summed E-state index contributed by atoms with van der Waals surface area (Å²) in [7, 11) is 0. The van der Waals surface area contributed by atoms with Crippen molar-refractivity contribution in [2.24, 2.45) is 0 Å². The number of thiazole rings is 1. The average Bonchev–Trinajstić information content (AvgIpc) is 2.63. The van der Waals surface area contributed by atoms with Crippen molar-refractivity contribution in [3.63, 3.8) is 0 Å². The summed E-state index contributed by atoms with van der Waals surface area (Å²) in [5.74, 6) is 0. The molecular formula is C5H2ClN3S3. The van der Waals surface area contributed by atoms with Crippen LogP contribution in [-0.4, -0.2) is 14.3 Å². The van der Waals surface area contributed by atoms with E-state index in [2.05, 4.69) is 14.3 Å². The Morgan fingerprint density at radius 3 is 2.92 bits per heavy atom. The first-order valence-corrected chi connectivity index (χ1v) is 5.75. The predicted molar refractivity (Wildman–Crippen MR) is 51.2 cm³/mol. The molecule has 0 saturated carbocycles. The molecule has 0 unspecified atom stereocenters. The third-order valence-electron chi connectivity index (χ3n) is 0.971. The highest BCUT2D eigenvalue weighted by Gasteiger charge is 2.04. The fourth-order valence-corrected chi connectivity index (χ4v) is 3.21. The summed E-state index contributed by atoms with van der Waals surface area (Å²) in [6.45, 7) is 0. The van der Waals surface area contributed by atoms with Crippen LogP contribution >= 0.6 is 46.2 Å². The molecule has 2 aromatic heterocycles. The lowest BCUT2D eigenvalue weighted by molar-refractivity contribution is 1.19. The van der Waals surface area contributed by atoms with Gasteiger partial charge in [-0.05, 0) is 23.3 Å². The van der Waals surface area contributed by atoms with Crippen LogP contribution in [0.3, 0.4) is 0 Å². The van der Waals surface area contributed by atoms with E-state index in [0.717, 1.165) is 8.68 Å². The van der Waals surface area contributed by atoms with Gasteiger partial charge >= 0.3 is 0 Å². The van der Waals surface area contributed by atoms with E-state index >= 15 is 0 Å². The molecule has 0 aromatic carbocycles. The SMILES string of the molecule is Clc1csc(Sc2ncns2)n1. The monoisotopic (exact) mass is 235 g/mol. The maximum absolute atomic E-state index is 5.65. The molecule has 12 heavy (non-hydrogen) atoms. The number of hydrogen-bond donors (Lipinski definition) is 0. The van der Waals surface area contributed by atoms with E-state index < -0.39 is 0 Å². The van der Waals surface area contributed by atoms with Gasteiger partial charge < -0.3 is 0 Å². The van der Waals surface area contributed by atoms with Crippen molar-refractivity contribution in [3.8, 4) is 0 Å². The Labute approximate surface area is 86.0 Å². The van der Waals surface area contributed by atoms with Gasteiger partial charge in [0.1, 0.15) is 11.5 Å². The first-order chi connectivity index (χ1) is 5.84. The normalized spacial score (nSPS) is 10.4. The number of aromatic nitrogens is 3. The van der Waals surface area contributed by atoms with Crippen molar-refractivity contribution in [3.05, 3.63) is 16.9 Å². The Morgan fingerprint density at radius 1 is 1.42 bits per heavy atom. The Bertz CT molecular complexity index is 358. The molecule has 0 aliphatic carbocycles. The van der Waals surface area contributed by atoms with Crippen LogP contribution in [0.15, 0.2) is 20.4 Å². The molecule has 0 fully saturated rings. The second-order valence-corrected chi connectivity index (χ2v) is 5.27. The standard InChI is InChI=1S/C5H2ClN3S3/c6-3-1-10-5(9-3)11-4-7-2-8-12-4/h1-2H. The number of halogens is 1. The first kappa shape index (κ1) is 8.43. The summed E-state index contributed by atoms with van der Waals surface area (Å²) in [6, 6.07) is 0. The molecule has 0 aliphatic rings. The van der Waals surface area contributed by atoms with Crippen LogP contribution in [0.5, 0.6) is 0 Å². The zero-order valence-corrected chi connectivity index (χ0v) is 8.80. The van der Waals surface area contributed by atoms with Crippen molar-refractivity contribution >= 4 is 46.2 Å². The van der Waals surface area contributed by atoms with Crippen LogP contribution in [0.1, 0.15) is 0 Å². The molecule has 2 rings (SSSR count). The van der Waals surface area contributed by atoms with E-state index in [9.17, 15) is 0 Å². The fraction of sp³-hybridized carbons (Fsp3) is 0. The summed E-state index contributed by atoms with van der Waals surface area (Å²) in [5, 5.41) is 2.33. The maximum Gasteiger partial charge on any atom is 0.176 e. The minimum Gasteiger partial charge on any atom is -0.218 e. The Balaban J connectivity index is 2.14. The van der Waals surface area contributed by atoms with Crippen molar-refractivity contribution in [1.29, 1.82) is 0 Å². The molecule has 2 aromatic rings. The maximum atomic E-state index is 5.65. The smallest absolute Gasteiger partial charge is 0.176 e. The van der Waals surface area contributed by atoms with Gasteiger partial charge in [-0.25, -0.2) is 9.97 Å². The molecule has 2 heterocycles. The van der Waals surface area contributed by atoms with Crippen LogP contribution in [0.2, 0.25) is 5.15 Å². The molecule has 7 heteroatoms. The second kappa shape index (κ2) is 3.69. The van der Waals surface area contributed by atoms with Crippen molar-refractivity contribution < 1.29 is 0 Å². The molecule has 0 saturated heterocycles. The van der Waals surface area contributed by atoms with E-state index in [1.165, 1.54) is 41.0 Å². The van der Waals surface area contributed by atoms with Gasteiger partial charge in [0, 0.05) is 5.38 Å². The number of hydrogen-bond acceptors (Lipinski definition) is 6. The average molecular weight is 236 g/mol. The summed E-state index contributed by atoms with van der Waals surface area (Å²) >= 11 is 10.00. The molecule has 0 radical (unpaired) electrons. The third-order valence-corrected chi connectivity index (χ3v) is 3.95. The van der Waals surface area contributed by atoms with Gasteiger partial charge in [0.15, 0.2) is 8.68 Å². The van der Waals surface area contributed by atoms with Gasteiger partial charge in [0.2, 0.25) is 0 Å². The minimum absolute atomic E-state index is 0.534. The van der Waals surface area contributed by atoms with Gasteiger partial charge in [-0.15, -0.1) is 11.3 Å². The molecule has 0 amide bonds. The van der Waals surface area contributed by atoms with Crippen molar-refractivity contribution in [2.45, 2.75) is 8.68 Å². The Hall–Kier alpha value is -0.170. The van der Waals surface area contributed by atoms with Gasteiger partial charge in [-0.2, -0.15) is 4.37 Å². The zero-order valence-electron chi connectivity index (χ0n) is 5.60. The van der Waals surface area contributed by atoms with Crippen LogP contribution in [0, 0.1) is 0 Å². The van der Waals surface area contributed by atoms with Crippen LogP contribution in [0.25, 0.3) is 0 Å². The first-order valence-electron chi connectivity index (χ1n) is 2.90. The summed E-state index contributed by atoms with van der Waals surface area (Å²) in [6.07, 6.45) is 1.53. The lowest BCUT2D eigenvalue weighted by Gasteiger charge is -1.85. The van der Waals surface area contributed by atoms with Crippen LogP contribution < -0.4 is 0 Å². The Kier molecular flexibility index (Phi) is 2.60. The highest BCUT2D eigenvalue weighted by molar-refractivity contribution is 8.02. The van der Waals surface area contributed by atoms with Crippen molar-refractivity contribution in [1.82, 2.24) is 14.3 Å². The highest BCUT2D eigenvalue weighted by Crippen LogP contribution is 2.31. The van der Waals surface area contributed by atoms with E-state index in [1.807, 2.05) is 0 Å². The molecule has 0 N–H and O–H groups in total. The van der Waals surface area contributed by atoms with E-state index in [-0.39, 0.29) is 0 Å². The molecule has 3 nitrogen and oxygen atoms in total. The lowest BCUT2D eigenvalue weighted by atomic mass is 11.0. The van der Waals surface area contributed by atoms with E-state index in [0.29, 0.717) is 5.15 Å². The zero-order chi connectivity index (χ0) is 8.39. The fourth-order valence-electron chi connectivity index (χ4n) is 0.568. The topological polar surface area (TPSA) is 38.7 Å². The van der Waals surface area contributed by atoms with E-state index in [4.69, 9.17) is 11.6 Å². The summed E-state index contributed by atoms with van der Waals surface area (Å²) < 4.78 is 5.67. The van der Waals surface area contributed by atoms with Gasteiger partial charge in [0.25, 0.3) is 0 Å². The Morgan fingerprint density at radius 2 is 2.33 bits per heavy atom. The lowest BCUT2D eigenvalue weighted by Crippen LogP contribution is -1.67. The number of rotatable bonds is 2. The van der Waals surface area contributed by atoms with Crippen molar-refractivity contribution in [2.75, 3.05) is 0 Å². The van der Waals surface area contributed by atoms with Gasteiger partial charge in [0.05, 0.1) is 0 Å². The van der Waals surface area contributed by atoms with Gasteiger partial charge in [-0.3, -0.25) is 0 Å². The molecule has 62 valence electrons. The summed E-state index contributed by atoms with van der Waals surface area (Å²) in [5.41, 5.74) is 0. The minimum atomic E-state index is 0.534. The van der Waals surface area contributed by atoms with Gasteiger partial charge in [-0.1, -0.05) is 11.6 Å². The summed E-state index contributed by atoms with van der Waals surface area (Å²) in [4.78, 5) is 8.09. The quantitative estimate of drug-likeness (QED) is 0.803.